The van der Waals surface area contributed by atoms with Crippen molar-refractivity contribution in [3.05, 3.63) is 29.8 Å². The van der Waals surface area contributed by atoms with Gasteiger partial charge in [0.1, 0.15) is 6.04 Å². The second-order valence-corrected chi connectivity index (χ2v) is 8.02. The van der Waals surface area contributed by atoms with Crippen LogP contribution < -0.4 is 4.72 Å². The van der Waals surface area contributed by atoms with Crippen molar-refractivity contribution >= 4 is 15.9 Å². The maximum Gasteiger partial charge on any atom is 0.416 e. The Labute approximate surface area is 150 Å². The minimum Gasteiger partial charge on any atom is -0.378 e. The van der Waals surface area contributed by atoms with E-state index in [1.807, 2.05) is 0 Å². The number of rotatable bonds is 5. The van der Waals surface area contributed by atoms with Gasteiger partial charge in [-0.3, -0.25) is 4.79 Å². The van der Waals surface area contributed by atoms with Crippen LogP contribution >= 0.6 is 0 Å². The molecule has 1 fully saturated rings. The average molecular weight is 394 g/mol. The fourth-order valence-electron chi connectivity index (χ4n) is 2.53. The molecule has 0 bridgehead atoms. The summed E-state index contributed by atoms with van der Waals surface area (Å²) in [6.45, 7) is 4.73. The number of nitrogens with one attached hydrogen (secondary N) is 1. The molecule has 1 atom stereocenters. The van der Waals surface area contributed by atoms with Crippen molar-refractivity contribution < 1.29 is 31.1 Å². The van der Waals surface area contributed by atoms with Crippen LogP contribution in [0, 0.1) is 5.92 Å². The number of alkyl halides is 3. The Kier molecular flexibility index (Phi) is 6.30. The van der Waals surface area contributed by atoms with Crippen LogP contribution in [-0.4, -0.2) is 51.6 Å². The van der Waals surface area contributed by atoms with Crippen LogP contribution in [0.3, 0.4) is 0 Å². The molecule has 1 aromatic rings. The summed E-state index contributed by atoms with van der Waals surface area (Å²) in [5, 5.41) is 0. The third-order valence-electron chi connectivity index (χ3n) is 4.01. The van der Waals surface area contributed by atoms with Crippen molar-refractivity contribution in [2.75, 3.05) is 26.3 Å². The topological polar surface area (TPSA) is 75.7 Å². The largest absolute Gasteiger partial charge is 0.416 e. The fourth-order valence-corrected chi connectivity index (χ4v) is 3.91. The zero-order valence-corrected chi connectivity index (χ0v) is 15.2. The Hall–Kier alpha value is -1.65. The number of hydrogen-bond donors (Lipinski definition) is 1. The van der Waals surface area contributed by atoms with Crippen LogP contribution in [0.25, 0.3) is 0 Å². The minimum atomic E-state index is -4.66. The third-order valence-corrected chi connectivity index (χ3v) is 5.45. The first-order valence-electron chi connectivity index (χ1n) is 8.08. The first kappa shape index (κ1) is 20.7. The van der Waals surface area contributed by atoms with E-state index in [0.717, 1.165) is 18.2 Å². The molecule has 1 N–H and O–H groups in total. The lowest BCUT2D eigenvalue weighted by Crippen LogP contribution is -2.53. The molecule has 2 rings (SSSR count). The summed E-state index contributed by atoms with van der Waals surface area (Å²) >= 11 is 0. The molecule has 0 spiro atoms. The highest BCUT2D eigenvalue weighted by molar-refractivity contribution is 7.89. The molecule has 26 heavy (non-hydrogen) atoms. The zero-order valence-electron chi connectivity index (χ0n) is 14.4. The number of morpholine rings is 1. The predicted molar refractivity (Wildman–Crippen MR) is 87.8 cm³/mol. The molecule has 0 aromatic heterocycles. The molecular formula is C16H21F3N2O4S. The van der Waals surface area contributed by atoms with Crippen molar-refractivity contribution in [1.29, 1.82) is 0 Å². The summed E-state index contributed by atoms with van der Waals surface area (Å²) in [6.07, 6.45) is -4.66. The van der Waals surface area contributed by atoms with E-state index in [1.54, 1.807) is 13.8 Å². The normalized spacial score (nSPS) is 17.4. The minimum absolute atomic E-state index is 0.341. The van der Waals surface area contributed by atoms with Crippen LogP contribution in [0.4, 0.5) is 13.2 Å². The van der Waals surface area contributed by atoms with Gasteiger partial charge in [-0.05, 0) is 24.1 Å². The molecule has 0 saturated carbocycles. The van der Waals surface area contributed by atoms with Gasteiger partial charge in [-0.25, -0.2) is 8.42 Å². The molecular weight excluding hydrogens is 373 g/mol. The van der Waals surface area contributed by atoms with Crippen molar-refractivity contribution in [1.82, 2.24) is 9.62 Å². The number of amides is 1. The van der Waals surface area contributed by atoms with E-state index in [4.69, 9.17) is 4.74 Å². The van der Waals surface area contributed by atoms with Crippen molar-refractivity contribution in [3.63, 3.8) is 0 Å². The highest BCUT2D eigenvalue weighted by Crippen LogP contribution is 2.30. The summed E-state index contributed by atoms with van der Waals surface area (Å²) in [6, 6.07) is 2.35. The molecule has 1 amide bonds. The van der Waals surface area contributed by atoms with Gasteiger partial charge in [0.05, 0.1) is 23.7 Å². The molecule has 6 nitrogen and oxygen atoms in total. The molecule has 1 heterocycles. The average Bonchev–Trinajstić information content (AvgIpc) is 2.59. The van der Waals surface area contributed by atoms with E-state index in [2.05, 4.69) is 4.72 Å². The second kappa shape index (κ2) is 7.93. The number of carbonyl (C=O) groups is 1. The summed E-state index contributed by atoms with van der Waals surface area (Å²) in [5.74, 6) is -0.801. The van der Waals surface area contributed by atoms with E-state index in [0.29, 0.717) is 32.4 Å². The van der Waals surface area contributed by atoms with E-state index >= 15 is 0 Å². The summed E-state index contributed by atoms with van der Waals surface area (Å²) in [5.41, 5.74) is -1.07. The summed E-state index contributed by atoms with van der Waals surface area (Å²) < 4.78 is 71.0. The van der Waals surface area contributed by atoms with Crippen LogP contribution in [0.1, 0.15) is 19.4 Å². The number of halogens is 3. The highest BCUT2D eigenvalue weighted by atomic mass is 32.2. The molecule has 10 heteroatoms. The van der Waals surface area contributed by atoms with Gasteiger partial charge in [0.15, 0.2) is 0 Å². The van der Waals surface area contributed by atoms with E-state index in [-0.39, 0.29) is 5.92 Å². The number of carbonyl (C=O) groups excluding carboxylic acids is 1. The van der Waals surface area contributed by atoms with Crippen LogP contribution in [0.2, 0.25) is 0 Å². The van der Waals surface area contributed by atoms with E-state index in [9.17, 15) is 26.4 Å². The number of nitrogens with zero attached hydrogens (tertiary/aromatic N) is 1. The molecule has 0 radical (unpaired) electrons. The van der Waals surface area contributed by atoms with E-state index < -0.39 is 38.6 Å². The summed E-state index contributed by atoms with van der Waals surface area (Å²) in [7, 11) is -4.30. The van der Waals surface area contributed by atoms with Crippen molar-refractivity contribution in [2.45, 2.75) is 31.0 Å². The van der Waals surface area contributed by atoms with Crippen LogP contribution in [0.15, 0.2) is 29.2 Å². The predicted octanol–water partition coefficient (Wildman–Crippen LogP) is 1.87. The van der Waals surface area contributed by atoms with Gasteiger partial charge in [0, 0.05) is 13.1 Å². The van der Waals surface area contributed by atoms with Gasteiger partial charge in [-0.15, -0.1) is 0 Å². The third kappa shape index (κ3) is 4.95. The lowest BCUT2D eigenvalue weighted by molar-refractivity contribution is -0.138. The SMILES string of the molecule is CC(C)[C@@H](NS(=O)(=O)c1cccc(C(F)(F)F)c1)C(=O)N1CCOCC1. The van der Waals surface area contributed by atoms with Gasteiger partial charge in [-0.1, -0.05) is 19.9 Å². The number of benzene rings is 1. The Bertz CT molecular complexity index is 744. The van der Waals surface area contributed by atoms with Gasteiger partial charge < -0.3 is 9.64 Å². The quantitative estimate of drug-likeness (QED) is 0.827. The molecule has 146 valence electrons. The van der Waals surface area contributed by atoms with Gasteiger partial charge in [-0.2, -0.15) is 17.9 Å². The Morgan fingerprint density at radius 3 is 2.38 bits per heavy atom. The molecule has 1 saturated heterocycles. The molecule has 1 aliphatic rings. The maximum absolute atomic E-state index is 12.8. The number of hydrogen-bond acceptors (Lipinski definition) is 4. The Balaban J connectivity index is 2.25. The van der Waals surface area contributed by atoms with Gasteiger partial charge in [0.25, 0.3) is 0 Å². The van der Waals surface area contributed by atoms with Crippen molar-refractivity contribution in [3.8, 4) is 0 Å². The lowest BCUT2D eigenvalue weighted by atomic mass is 10.0. The summed E-state index contributed by atoms with van der Waals surface area (Å²) in [4.78, 5) is 13.6. The highest BCUT2D eigenvalue weighted by Gasteiger charge is 2.34. The second-order valence-electron chi connectivity index (χ2n) is 6.31. The first-order valence-corrected chi connectivity index (χ1v) is 9.57. The Morgan fingerprint density at radius 2 is 1.85 bits per heavy atom. The van der Waals surface area contributed by atoms with Crippen LogP contribution in [-0.2, 0) is 25.7 Å². The van der Waals surface area contributed by atoms with Crippen molar-refractivity contribution in [2.24, 2.45) is 5.92 Å². The lowest BCUT2D eigenvalue weighted by Gasteiger charge is -2.32. The van der Waals surface area contributed by atoms with E-state index in [1.165, 1.54) is 4.90 Å². The molecule has 0 unspecified atom stereocenters. The molecule has 1 aromatic carbocycles. The number of sulfonamides is 1. The smallest absolute Gasteiger partial charge is 0.378 e. The monoisotopic (exact) mass is 394 g/mol. The first-order chi connectivity index (χ1) is 12.0. The molecule has 0 aliphatic carbocycles. The molecule has 1 aliphatic heterocycles. The standard InChI is InChI=1S/C16H21F3N2O4S/c1-11(2)14(15(22)21-6-8-25-9-7-21)20-26(23,24)13-5-3-4-12(10-13)16(17,18)19/h3-5,10-11,14,20H,6-9H2,1-2H3/t14-/m1/s1. The van der Waals surface area contributed by atoms with Crippen LogP contribution in [0.5, 0.6) is 0 Å². The maximum atomic E-state index is 12.8. The number of ether oxygens (including phenoxy) is 1. The Morgan fingerprint density at radius 1 is 1.23 bits per heavy atom. The van der Waals surface area contributed by atoms with Gasteiger partial charge >= 0.3 is 6.18 Å². The fraction of sp³-hybridized carbons (Fsp3) is 0.562. The zero-order chi connectivity index (χ0) is 19.5. The van der Waals surface area contributed by atoms with Gasteiger partial charge in [0.2, 0.25) is 15.9 Å².